The monoisotopic (exact) mass is 278 g/mol. The Morgan fingerprint density at radius 2 is 1.80 bits per heavy atom. The first-order valence-electron chi connectivity index (χ1n) is 7.92. The lowest BCUT2D eigenvalue weighted by molar-refractivity contribution is 0.301. The molecule has 0 aliphatic heterocycles. The number of nitrogens with zero attached hydrogens (tertiary/aromatic N) is 1. The molecule has 3 nitrogen and oxygen atoms in total. The van der Waals surface area contributed by atoms with E-state index in [2.05, 4.69) is 55.3 Å². The molecule has 0 aliphatic rings. The smallest absolute Gasteiger partial charge is 0.0606 e. The maximum atomic E-state index is 9.19. The van der Waals surface area contributed by atoms with Crippen LogP contribution in [0.3, 0.4) is 0 Å². The molecule has 0 fully saturated rings. The van der Waals surface area contributed by atoms with E-state index in [0.29, 0.717) is 12.6 Å². The van der Waals surface area contributed by atoms with E-state index in [0.717, 1.165) is 25.9 Å². The number of hydrogen-bond donors (Lipinski definition) is 2. The third-order valence-electron chi connectivity index (χ3n) is 3.61. The van der Waals surface area contributed by atoms with Crippen LogP contribution in [0.4, 0.5) is 5.69 Å². The van der Waals surface area contributed by atoms with Gasteiger partial charge in [0.25, 0.3) is 0 Å². The Kier molecular flexibility index (Phi) is 8.31. The minimum Gasteiger partial charge on any atom is -0.395 e. The number of unbranched alkanes of at least 4 members (excludes halogenated alkanes) is 1. The number of benzene rings is 1. The molecule has 0 aromatic heterocycles. The molecule has 0 aliphatic carbocycles. The van der Waals surface area contributed by atoms with Crippen LogP contribution >= 0.6 is 0 Å². The number of aliphatic hydroxyl groups is 1. The summed E-state index contributed by atoms with van der Waals surface area (Å²) in [4.78, 5) is 2.26. The summed E-state index contributed by atoms with van der Waals surface area (Å²) in [7, 11) is 0. The molecule has 0 bridgehead atoms. The summed E-state index contributed by atoms with van der Waals surface area (Å²) in [6, 6.07) is 9.12. The van der Waals surface area contributed by atoms with Crippen LogP contribution in [0, 0.1) is 0 Å². The summed E-state index contributed by atoms with van der Waals surface area (Å²) >= 11 is 0. The summed E-state index contributed by atoms with van der Waals surface area (Å²) in [6.07, 6.45) is 3.50. The van der Waals surface area contributed by atoms with Gasteiger partial charge in [0, 0.05) is 24.8 Å². The van der Waals surface area contributed by atoms with Crippen LogP contribution in [0.1, 0.15) is 51.6 Å². The quantitative estimate of drug-likeness (QED) is 0.689. The van der Waals surface area contributed by atoms with E-state index in [1.165, 1.54) is 17.7 Å². The average molecular weight is 278 g/mol. The van der Waals surface area contributed by atoms with Gasteiger partial charge >= 0.3 is 0 Å². The third-order valence-corrected chi connectivity index (χ3v) is 3.61. The van der Waals surface area contributed by atoms with Gasteiger partial charge in [-0.3, -0.25) is 0 Å². The van der Waals surface area contributed by atoms with E-state index >= 15 is 0 Å². The molecule has 1 rings (SSSR count). The lowest BCUT2D eigenvalue weighted by Gasteiger charge is -2.24. The Labute approximate surface area is 124 Å². The van der Waals surface area contributed by atoms with Crippen LogP contribution < -0.4 is 10.2 Å². The summed E-state index contributed by atoms with van der Waals surface area (Å²) in [5.41, 5.74) is 2.53. The molecule has 20 heavy (non-hydrogen) atoms. The van der Waals surface area contributed by atoms with Crippen LogP contribution in [0.15, 0.2) is 24.3 Å². The van der Waals surface area contributed by atoms with Crippen LogP contribution in [0.2, 0.25) is 0 Å². The van der Waals surface area contributed by atoms with Gasteiger partial charge in [0.2, 0.25) is 0 Å². The van der Waals surface area contributed by atoms with Crippen LogP contribution in [-0.2, 0) is 0 Å². The van der Waals surface area contributed by atoms with Gasteiger partial charge in [-0.25, -0.2) is 0 Å². The Balaban J connectivity index is 2.66. The second-order valence-electron chi connectivity index (χ2n) is 5.33. The van der Waals surface area contributed by atoms with Gasteiger partial charge in [-0.1, -0.05) is 32.4 Å². The second kappa shape index (κ2) is 9.78. The average Bonchev–Trinajstić information content (AvgIpc) is 2.49. The van der Waals surface area contributed by atoms with Crippen molar-refractivity contribution in [1.82, 2.24) is 5.32 Å². The van der Waals surface area contributed by atoms with Crippen LogP contribution in [-0.4, -0.2) is 31.3 Å². The fourth-order valence-corrected chi connectivity index (χ4v) is 2.29. The van der Waals surface area contributed by atoms with Crippen LogP contribution in [0.5, 0.6) is 0 Å². The van der Waals surface area contributed by atoms with Crippen molar-refractivity contribution in [2.45, 2.75) is 46.1 Å². The number of anilines is 1. The van der Waals surface area contributed by atoms with E-state index in [1.807, 2.05) is 0 Å². The van der Waals surface area contributed by atoms with Crippen molar-refractivity contribution < 1.29 is 5.11 Å². The predicted molar refractivity (Wildman–Crippen MR) is 87.4 cm³/mol. The fraction of sp³-hybridized carbons (Fsp3) is 0.647. The standard InChI is InChI=1S/C17H30N2O/c1-4-6-12-19(13-14-20)17-9-7-16(8-10-17)15(3)18-11-5-2/h7-10,15,18,20H,4-6,11-14H2,1-3H3. The molecule has 2 N–H and O–H groups in total. The van der Waals surface area contributed by atoms with Crippen LogP contribution in [0.25, 0.3) is 0 Å². The zero-order chi connectivity index (χ0) is 14.8. The largest absolute Gasteiger partial charge is 0.395 e. The number of rotatable bonds is 10. The van der Waals surface area contributed by atoms with E-state index in [-0.39, 0.29) is 6.61 Å². The van der Waals surface area contributed by atoms with Crippen molar-refractivity contribution in [2.75, 3.05) is 31.1 Å². The van der Waals surface area contributed by atoms with Gasteiger partial charge < -0.3 is 15.3 Å². The molecule has 114 valence electrons. The Bertz CT molecular complexity index is 351. The van der Waals surface area contributed by atoms with E-state index in [4.69, 9.17) is 0 Å². The van der Waals surface area contributed by atoms with Crippen molar-refractivity contribution >= 4 is 5.69 Å². The predicted octanol–water partition coefficient (Wildman–Crippen LogP) is 3.35. The van der Waals surface area contributed by atoms with Crippen molar-refractivity contribution in [2.24, 2.45) is 0 Å². The lowest BCUT2D eigenvalue weighted by atomic mass is 10.1. The van der Waals surface area contributed by atoms with E-state index in [1.54, 1.807) is 0 Å². The summed E-state index contributed by atoms with van der Waals surface area (Å²) < 4.78 is 0. The van der Waals surface area contributed by atoms with Gasteiger partial charge in [0.15, 0.2) is 0 Å². The highest BCUT2D eigenvalue weighted by Gasteiger charge is 2.07. The fourth-order valence-electron chi connectivity index (χ4n) is 2.29. The molecule has 0 amide bonds. The topological polar surface area (TPSA) is 35.5 Å². The first-order valence-corrected chi connectivity index (χ1v) is 7.92. The molecule has 0 heterocycles. The minimum atomic E-state index is 0.208. The first kappa shape index (κ1) is 17.0. The number of hydrogen-bond acceptors (Lipinski definition) is 3. The Hall–Kier alpha value is -1.06. The zero-order valence-electron chi connectivity index (χ0n) is 13.2. The summed E-state index contributed by atoms with van der Waals surface area (Å²) in [5.74, 6) is 0. The normalized spacial score (nSPS) is 12.4. The van der Waals surface area contributed by atoms with Gasteiger partial charge in [-0.05, 0) is 44.0 Å². The molecular formula is C17H30N2O. The number of aliphatic hydroxyl groups excluding tert-OH is 1. The molecule has 3 heteroatoms. The highest BCUT2D eigenvalue weighted by Crippen LogP contribution is 2.19. The zero-order valence-corrected chi connectivity index (χ0v) is 13.2. The minimum absolute atomic E-state index is 0.208. The molecule has 0 saturated heterocycles. The SMILES string of the molecule is CCCCN(CCO)c1ccc(C(C)NCCC)cc1. The Morgan fingerprint density at radius 3 is 2.35 bits per heavy atom. The van der Waals surface area contributed by atoms with E-state index in [9.17, 15) is 5.11 Å². The van der Waals surface area contributed by atoms with Gasteiger partial charge in [-0.2, -0.15) is 0 Å². The molecule has 0 saturated carbocycles. The lowest BCUT2D eigenvalue weighted by Crippen LogP contribution is -2.27. The molecular weight excluding hydrogens is 248 g/mol. The van der Waals surface area contributed by atoms with Crippen molar-refractivity contribution in [3.8, 4) is 0 Å². The van der Waals surface area contributed by atoms with Crippen molar-refractivity contribution in [1.29, 1.82) is 0 Å². The van der Waals surface area contributed by atoms with Gasteiger partial charge in [-0.15, -0.1) is 0 Å². The molecule has 0 radical (unpaired) electrons. The molecule has 1 atom stereocenters. The molecule has 0 spiro atoms. The van der Waals surface area contributed by atoms with Crippen molar-refractivity contribution in [3.05, 3.63) is 29.8 Å². The summed E-state index contributed by atoms with van der Waals surface area (Å²) in [5, 5.41) is 12.7. The maximum Gasteiger partial charge on any atom is 0.0606 e. The highest BCUT2D eigenvalue weighted by molar-refractivity contribution is 5.48. The van der Waals surface area contributed by atoms with Gasteiger partial charge in [0.1, 0.15) is 0 Å². The highest BCUT2D eigenvalue weighted by atomic mass is 16.3. The van der Waals surface area contributed by atoms with Crippen molar-refractivity contribution in [3.63, 3.8) is 0 Å². The molecule has 1 aromatic carbocycles. The third kappa shape index (κ3) is 5.51. The number of nitrogens with one attached hydrogen (secondary N) is 1. The summed E-state index contributed by atoms with van der Waals surface area (Å²) in [6.45, 7) is 9.57. The Morgan fingerprint density at radius 1 is 1.10 bits per heavy atom. The molecule has 1 aromatic rings. The molecule has 1 unspecified atom stereocenters. The second-order valence-corrected chi connectivity index (χ2v) is 5.33. The van der Waals surface area contributed by atoms with Gasteiger partial charge in [0.05, 0.1) is 6.61 Å². The van der Waals surface area contributed by atoms with E-state index < -0.39 is 0 Å². The first-order chi connectivity index (χ1) is 9.72. The maximum absolute atomic E-state index is 9.19.